The Bertz CT molecular complexity index is 1130. The van der Waals surface area contributed by atoms with Crippen LogP contribution in [0.15, 0.2) is 82.7 Å². The summed E-state index contributed by atoms with van der Waals surface area (Å²) in [5.41, 5.74) is 2.38. The molecule has 0 saturated carbocycles. The number of carbonyl (C=O) groups excluding carboxylic acids is 1. The first-order chi connectivity index (χ1) is 14.7. The van der Waals surface area contributed by atoms with Gasteiger partial charge in [-0.1, -0.05) is 66.7 Å². The molecular weight excluding hydrogens is 390 g/mol. The molecule has 2 aliphatic rings. The van der Waals surface area contributed by atoms with Crippen LogP contribution >= 0.6 is 11.8 Å². The number of piperazine rings is 1. The second kappa shape index (κ2) is 8.46. The fourth-order valence-corrected chi connectivity index (χ4v) is 4.89. The summed E-state index contributed by atoms with van der Waals surface area (Å²) >= 11 is 1.50. The van der Waals surface area contributed by atoms with Crippen LogP contribution in [0.3, 0.4) is 0 Å². The van der Waals surface area contributed by atoms with Gasteiger partial charge in [0.15, 0.2) is 5.17 Å². The van der Waals surface area contributed by atoms with Gasteiger partial charge in [-0.3, -0.25) is 9.69 Å². The number of hydrogen-bond acceptors (Lipinski definition) is 4. The summed E-state index contributed by atoms with van der Waals surface area (Å²) in [6, 6.07) is 25.1. The normalized spacial score (nSPS) is 18.9. The van der Waals surface area contributed by atoms with E-state index in [-0.39, 0.29) is 5.91 Å². The summed E-state index contributed by atoms with van der Waals surface area (Å²) in [5.74, 6) is -0.130. The molecule has 2 aliphatic heterocycles. The largest absolute Gasteiger partial charge is 0.348 e. The molecule has 0 N–H and O–H groups in total. The van der Waals surface area contributed by atoms with E-state index >= 15 is 0 Å². The average Bonchev–Trinajstić information content (AvgIpc) is 3.15. The van der Waals surface area contributed by atoms with Gasteiger partial charge in [0, 0.05) is 32.7 Å². The molecule has 2 heterocycles. The number of hydrogen-bond donors (Lipinski definition) is 0. The van der Waals surface area contributed by atoms with Crippen molar-refractivity contribution < 1.29 is 4.79 Å². The Hall–Kier alpha value is -2.89. The van der Waals surface area contributed by atoms with Crippen LogP contribution in [-0.2, 0) is 11.3 Å². The van der Waals surface area contributed by atoms with E-state index < -0.39 is 0 Å². The van der Waals surface area contributed by atoms with E-state index in [4.69, 9.17) is 0 Å². The van der Waals surface area contributed by atoms with Crippen molar-refractivity contribution in [3.63, 3.8) is 0 Å². The summed E-state index contributed by atoms with van der Waals surface area (Å²) in [6.07, 6.45) is 1.96. The number of carbonyl (C=O) groups is 1. The van der Waals surface area contributed by atoms with Crippen molar-refractivity contribution in [2.75, 3.05) is 26.2 Å². The summed E-state index contributed by atoms with van der Waals surface area (Å²) in [5, 5.41) is 3.22. The molecule has 0 aromatic heterocycles. The lowest BCUT2D eigenvalue weighted by molar-refractivity contribution is -0.113. The standard InChI is InChI=1S/C25H23N3OS/c29-24-23(17-20-10-11-21-8-4-5-9-22(21)16-20)30-25(26-24)28-14-12-27(13-15-28)18-19-6-2-1-3-7-19/h1-11,16-17H,12-15,18H2/b23-17-. The van der Waals surface area contributed by atoms with Crippen LogP contribution in [0.2, 0.25) is 0 Å². The lowest BCUT2D eigenvalue weighted by Crippen LogP contribution is -2.47. The minimum Gasteiger partial charge on any atom is -0.348 e. The number of nitrogens with zero attached hydrogens (tertiary/aromatic N) is 3. The maximum absolute atomic E-state index is 12.5. The van der Waals surface area contributed by atoms with E-state index in [1.807, 2.05) is 18.2 Å². The molecule has 5 rings (SSSR count). The van der Waals surface area contributed by atoms with Crippen molar-refractivity contribution in [2.24, 2.45) is 4.99 Å². The van der Waals surface area contributed by atoms with Gasteiger partial charge < -0.3 is 4.90 Å². The van der Waals surface area contributed by atoms with Gasteiger partial charge in [0.1, 0.15) is 0 Å². The van der Waals surface area contributed by atoms with E-state index in [0.717, 1.165) is 43.5 Å². The van der Waals surface area contributed by atoms with Gasteiger partial charge in [-0.2, -0.15) is 4.99 Å². The van der Waals surface area contributed by atoms with Gasteiger partial charge in [-0.25, -0.2) is 0 Å². The fraction of sp³-hybridized carbons (Fsp3) is 0.200. The Balaban J connectivity index is 1.22. The molecule has 30 heavy (non-hydrogen) atoms. The Morgan fingerprint density at radius 3 is 2.40 bits per heavy atom. The summed E-state index contributed by atoms with van der Waals surface area (Å²) in [6.45, 7) is 4.73. The van der Waals surface area contributed by atoms with Crippen LogP contribution in [0.25, 0.3) is 16.8 Å². The molecular formula is C25H23N3OS. The van der Waals surface area contributed by atoms with Gasteiger partial charge in [0.2, 0.25) is 0 Å². The monoisotopic (exact) mass is 413 g/mol. The molecule has 0 bridgehead atoms. The summed E-state index contributed by atoms with van der Waals surface area (Å²) in [7, 11) is 0. The molecule has 3 aromatic carbocycles. The Morgan fingerprint density at radius 2 is 1.60 bits per heavy atom. The van der Waals surface area contributed by atoms with Crippen LogP contribution in [0, 0.1) is 0 Å². The number of fused-ring (bicyclic) bond motifs is 1. The minimum atomic E-state index is -0.130. The van der Waals surface area contributed by atoms with Gasteiger partial charge in [-0.15, -0.1) is 0 Å². The fourth-order valence-electron chi connectivity index (χ4n) is 3.92. The van der Waals surface area contributed by atoms with Crippen molar-refractivity contribution in [2.45, 2.75) is 6.54 Å². The van der Waals surface area contributed by atoms with E-state index in [1.54, 1.807) is 0 Å². The molecule has 3 aromatic rings. The number of benzene rings is 3. The van der Waals surface area contributed by atoms with E-state index in [2.05, 4.69) is 75.5 Å². The first kappa shape index (κ1) is 19.1. The number of rotatable bonds is 3. The van der Waals surface area contributed by atoms with Gasteiger partial charge in [0.25, 0.3) is 5.91 Å². The van der Waals surface area contributed by atoms with E-state index in [0.29, 0.717) is 4.91 Å². The van der Waals surface area contributed by atoms with Crippen LogP contribution in [0.1, 0.15) is 11.1 Å². The third-order valence-corrected chi connectivity index (χ3v) is 6.62. The van der Waals surface area contributed by atoms with Gasteiger partial charge in [-0.05, 0) is 45.8 Å². The molecule has 1 fully saturated rings. The predicted octanol–water partition coefficient (Wildman–Crippen LogP) is 4.63. The zero-order chi connectivity index (χ0) is 20.3. The van der Waals surface area contributed by atoms with Crippen LogP contribution in [0.5, 0.6) is 0 Å². The highest BCUT2D eigenvalue weighted by Crippen LogP contribution is 2.31. The second-order valence-electron chi connectivity index (χ2n) is 7.67. The molecule has 0 atom stereocenters. The Labute approximate surface area is 180 Å². The highest BCUT2D eigenvalue weighted by Gasteiger charge is 2.28. The van der Waals surface area contributed by atoms with Crippen molar-refractivity contribution in [3.05, 3.63) is 88.8 Å². The molecule has 0 radical (unpaired) electrons. The predicted molar refractivity (Wildman–Crippen MR) is 125 cm³/mol. The quantitative estimate of drug-likeness (QED) is 0.587. The SMILES string of the molecule is O=C1N=C(N2CCN(Cc3ccccc3)CC2)S/C1=C\c1ccc2ccccc2c1. The van der Waals surface area contributed by atoms with Crippen molar-refractivity contribution in [3.8, 4) is 0 Å². The van der Waals surface area contributed by atoms with Gasteiger partial charge >= 0.3 is 0 Å². The average molecular weight is 414 g/mol. The van der Waals surface area contributed by atoms with Crippen LogP contribution in [-0.4, -0.2) is 47.1 Å². The number of thioether (sulfide) groups is 1. The lowest BCUT2D eigenvalue weighted by Gasteiger charge is -2.35. The van der Waals surface area contributed by atoms with Crippen LogP contribution < -0.4 is 0 Å². The minimum absolute atomic E-state index is 0.130. The smallest absolute Gasteiger partial charge is 0.286 e. The molecule has 1 amide bonds. The van der Waals surface area contributed by atoms with Crippen molar-refractivity contribution in [1.82, 2.24) is 9.80 Å². The molecule has 0 spiro atoms. The van der Waals surface area contributed by atoms with Gasteiger partial charge in [0.05, 0.1) is 4.91 Å². The lowest BCUT2D eigenvalue weighted by atomic mass is 10.1. The van der Waals surface area contributed by atoms with E-state index in [1.165, 1.54) is 28.1 Å². The zero-order valence-corrected chi connectivity index (χ0v) is 17.5. The maximum Gasteiger partial charge on any atom is 0.286 e. The topological polar surface area (TPSA) is 35.9 Å². The Morgan fingerprint density at radius 1 is 0.867 bits per heavy atom. The molecule has 5 heteroatoms. The second-order valence-corrected chi connectivity index (χ2v) is 8.67. The molecule has 1 saturated heterocycles. The molecule has 150 valence electrons. The highest BCUT2D eigenvalue weighted by atomic mass is 32.2. The first-order valence-electron chi connectivity index (χ1n) is 10.3. The Kier molecular flexibility index (Phi) is 5.39. The van der Waals surface area contributed by atoms with Crippen LogP contribution in [0.4, 0.5) is 0 Å². The summed E-state index contributed by atoms with van der Waals surface area (Å²) < 4.78 is 0. The van der Waals surface area contributed by atoms with E-state index in [9.17, 15) is 4.79 Å². The third-order valence-electron chi connectivity index (χ3n) is 5.57. The zero-order valence-electron chi connectivity index (χ0n) is 16.7. The number of amides is 1. The third kappa shape index (κ3) is 4.18. The maximum atomic E-state index is 12.5. The molecule has 0 aliphatic carbocycles. The highest BCUT2D eigenvalue weighted by molar-refractivity contribution is 8.18. The molecule has 4 nitrogen and oxygen atoms in total. The van der Waals surface area contributed by atoms with Crippen molar-refractivity contribution in [1.29, 1.82) is 0 Å². The first-order valence-corrected chi connectivity index (χ1v) is 11.1. The number of aliphatic imine (C=N–C) groups is 1. The molecule has 0 unspecified atom stereocenters. The number of amidine groups is 1. The summed E-state index contributed by atoms with van der Waals surface area (Å²) in [4.78, 5) is 22.2. The van der Waals surface area contributed by atoms with Crippen molar-refractivity contribution >= 4 is 39.7 Å².